The minimum Gasteiger partial charge on any atom is -0.480 e. The number of aliphatic carboxylic acids is 3. The molecule has 0 aromatic carbocycles. The van der Waals surface area contributed by atoms with Crippen molar-refractivity contribution in [2.24, 2.45) is 5.73 Å². The molecule has 0 spiro atoms. The van der Waals surface area contributed by atoms with Gasteiger partial charge in [0.15, 0.2) is 0 Å². The lowest BCUT2D eigenvalue weighted by atomic mass is 10.0. The van der Waals surface area contributed by atoms with E-state index in [1.165, 1.54) is 38.5 Å². The number of carboxylic acids is 3. The molecule has 0 bridgehead atoms. The minimum atomic E-state index is -0.941. The molecule has 0 saturated carbocycles. The fourth-order valence-electron chi connectivity index (χ4n) is 4.92. The maximum atomic E-state index is 11.5. The summed E-state index contributed by atoms with van der Waals surface area (Å²) in [6.45, 7) is 11.9. The van der Waals surface area contributed by atoms with E-state index in [4.69, 9.17) is 10.8 Å². The SMILES string of the molecule is CCC(Br)(CC)C(=O)NC(N)=O.CCCCCCCCCCC(CN(CCN(CC)CC(=O)O)CC(=O)O)N(CC)CC(=O)O. The fraction of sp³-hybridized carbons (Fsp3) is 0.839. The summed E-state index contributed by atoms with van der Waals surface area (Å²) in [6.07, 6.45) is 11.6. The van der Waals surface area contributed by atoms with Crippen molar-refractivity contribution in [1.82, 2.24) is 20.0 Å². The molecule has 14 heteroatoms. The fourth-order valence-corrected chi connectivity index (χ4v) is 5.02. The number of amides is 3. The van der Waals surface area contributed by atoms with Gasteiger partial charge in [-0.2, -0.15) is 0 Å². The molecule has 0 fully saturated rings. The van der Waals surface area contributed by atoms with Gasteiger partial charge in [0.2, 0.25) is 5.91 Å². The molecule has 0 aromatic heterocycles. The van der Waals surface area contributed by atoms with Gasteiger partial charge in [0.25, 0.3) is 0 Å². The third-order valence-electron chi connectivity index (χ3n) is 7.78. The monoisotopic (exact) mass is 709 g/mol. The van der Waals surface area contributed by atoms with Gasteiger partial charge >= 0.3 is 23.9 Å². The highest BCUT2D eigenvalue weighted by atomic mass is 79.9. The number of hydrogen-bond donors (Lipinski definition) is 5. The molecule has 1 unspecified atom stereocenters. The standard InChI is InChI=1S/C24H47N3O6.C7H13BrN2O2/c1-4-7-8-9-10-11-12-13-14-21(27(6-3)20-24(32)33)17-26(19-23(30)31)16-15-25(5-2)18-22(28)29;1-3-7(8,4-2)5(11)10-6(9)12/h21H,4-20H2,1-3H3,(H,28,29)(H,30,31)(H,32,33);3-4H2,1-2H3,(H3,9,10,11,12). The number of hydrogen-bond acceptors (Lipinski definition) is 8. The zero-order valence-electron chi connectivity index (χ0n) is 28.2. The third-order valence-corrected chi connectivity index (χ3v) is 9.26. The van der Waals surface area contributed by atoms with Gasteiger partial charge in [-0.05, 0) is 32.4 Å². The predicted octanol–water partition coefficient (Wildman–Crippen LogP) is 4.22. The van der Waals surface area contributed by atoms with Crippen molar-refractivity contribution in [3.63, 3.8) is 0 Å². The topological polar surface area (TPSA) is 194 Å². The second kappa shape index (κ2) is 26.9. The number of carbonyl (C=O) groups is 5. The Balaban J connectivity index is 0. The number of urea groups is 1. The first kappa shape index (κ1) is 44.8. The van der Waals surface area contributed by atoms with E-state index in [0.29, 0.717) is 45.6 Å². The minimum absolute atomic E-state index is 0.0555. The molecule has 0 aromatic rings. The van der Waals surface area contributed by atoms with Crippen molar-refractivity contribution < 1.29 is 39.3 Å². The van der Waals surface area contributed by atoms with Crippen LogP contribution < -0.4 is 11.1 Å². The van der Waals surface area contributed by atoms with Crippen molar-refractivity contribution in [3.8, 4) is 0 Å². The molecule has 0 rings (SSSR count). The van der Waals surface area contributed by atoms with E-state index in [9.17, 15) is 34.2 Å². The van der Waals surface area contributed by atoms with Crippen molar-refractivity contribution in [2.45, 2.75) is 116 Å². The molecular formula is C31H60BrN5O8. The van der Waals surface area contributed by atoms with Crippen molar-refractivity contribution in [1.29, 1.82) is 0 Å². The van der Waals surface area contributed by atoms with Gasteiger partial charge in [0, 0.05) is 25.7 Å². The molecule has 45 heavy (non-hydrogen) atoms. The molecule has 0 saturated heterocycles. The second-order valence-corrected chi connectivity index (χ2v) is 12.8. The summed E-state index contributed by atoms with van der Waals surface area (Å²) in [5, 5.41) is 29.8. The van der Waals surface area contributed by atoms with E-state index in [1.807, 2.05) is 42.8 Å². The molecule has 0 radical (unpaired) electrons. The smallest absolute Gasteiger partial charge is 0.318 e. The largest absolute Gasteiger partial charge is 0.480 e. The van der Waals surface area contributed by atoms with Crippen LogP contribution in [-0.2, 0) is 19.2 Å². The van der Waals surface area contributed by atoms with Crippen LogP contribution in [0.2, 0.25) is 0 Å². The highest BCUT2D eigenvalue weighted by Crippen LogP contribution is 2.26. The number of imide groups is 1. The summed E-state index contributed by atoms with van der Waals surface area (Å²) >= 11 is 3.26. The van der Waals surface area contributed by atoms with E-state index in [2.05, 4.69) is 22.9 Å². The van der Waals surface area contributed by atoms with Gasteiger partial charge in [0.05, 0.1) is 19.6 Å². The molecular weight excluding hydrogens is 650 g/mol. The maximum Gasteiger partial charge on any atom is 0.318 e. The molecule has 13 nitrogen and oxygen atoms in total. The van der Waals surface area contributed by atoms with Crippen LogP contribution in [-0.4, -0.2) is 123 Å². The van der Waals surface area contributed by atoms with E-state index >= 15 is 0 Å². The Morgan fingerprint density at radius 3 is 1.60 bits per heavy atom. The van der Waals surface area contributed by atoms with E-state index in [0.717, 1.165) is 19.3 Å². The number of nitrogens with one attached hydrogen (secondary N) is 1. The summed E-state index contributed by atoms with van der Waals surface area (Å²) in [5.74, 6) is -3.11. The number of unbranched alkanes of at least 4 members (excludes halogenated alkanes) is 7. The number of likely N-dealkylation sites (N-methyl/N-ethyl adjacent to an activating group) is 2. The molecule has 0 heterocycles. The highest BCUT2D eigenvalue weighted by molar-refractivity contribution is 9.10. The number of nitrogens with zero attached hydrogens (tertiary/aromatic N) is 3. The van der Waals surface area contributed by atoms with Gasteiger partial charge < -0.3 is 21.1 Å². The molecule has 3 amide bonds. The van der Waals surface area contributed by atoms with Gasteiger partial charge in [-0.3, -0.25) is 39.2 Å². The number of carbonyl (C=O) groups excluding carboxylic acids is 2. The van der Waals surface area contributed by atoms with E-state index in [1.54, 1.807) is 4.90 Å². The summed E-state index contributed by atoms with van der Waals surface area (Å²) in [6, 6.07) is -0.870. The summed E-state index contributed by atoms with van der Waals surface area (Å²) < 4.78 is -0.665. The Bertz CT molecular complexity index is 860. The molecule has 1 atom stereocenters. The lowest BCUT2D eigenvalue weighted by Crippen LogP contribution is -2.49. The first-order chi connectivity index (χ1) is 21.2. The third kappa shape index (κ3) is 23.7. The summed E-state index contributed by atoms with van der Waals surface area (Å²) in [4.78, 5) is 61.0. The van der Waals surface area contributed by atoms with E-state index < -0.39 is 28.3 Å². The average molecular weight is 711 g/mol. The van der Waals surface area contributed by atoms with Crippen LogP contribution in [0.3, 0.4) is 0 Å². The lowest BCUT2D eigenvalue weighted by Gasteiger charge is -2.34. The van der Waals surface area contributed by atoms with Crippen LogP contribution in [0, 0.1) is 0 Å². The zero-order valence-corrected chi connectivity index (χ0v) is 29.8. The van der Waals surface area contributed by atoms with Crippen LogP contribution in [0.5, 0.6) is 0 Å². The van der Waals surface area contributed by atoms with E-state index in [-0.39, 0.29) is 31.6 Å². The van der Waals surface area contributed by atoms with Gasteiger partial charge in [-0.25, -0.2) is 4.79 Å². The average Bonchev–Trinajstić information content (AvgIpc) is 2.97. The Morgan fingerprint density at radius 1 is 0.711 bits per heavy atom. The Morgan fingerprint density at radius 2 is 1.18 bits per heavy atom. The summed E-state index contributed by atoms with van der Waals surface area (Å²) in [5.41, 5.74) is 4.81. The van der Waals surface area contributed by atoms with Crippen LogP contribution >= 0.6 is 15.9 Å². The molecule has 6 N–H and O–H groups in total. The molecule has 0 aliphatic rings. The normalized spacial score (nSPS) is 12.1. The van der Waals surface area contributed by atoms with Crippen LogP contribution in [0.15, 0.2) is 0 Å². The Labute approximate surface area is 278 Å². The first-order valence-corrected chi connectivity index (χ1v) is 17.1. The van der Waals surface area contributed by atoms with Crippen LogP contribution in [0.1, 0.15) is 105 Å². The number of nitrogens with two attached hydrogens (primary N) is 1. The number of primary amides is 1. The van der Waals surface area contributed by atoms with Gasteiger partial charge in [0.1, 0.15) is 4.32 Å². The van der Waals surface area contributed by atoms with Gasteiger partial charge in [-0.15, -0.1) is 0 Å². The molecule has 0 aliphatic carbocycles. The lowest BCUT2D eigenvalue weighted by molar-refractivity contribution is -0.141. The number of rotatable bonds is 26. The molecule has 0 aliphatic heterocycles. The van der Waals surface area contributed by atoms with Crippen molar-refractivity contribution in [2.75, 3.05) is 52.4 Å². The maximum absolute atomic E-state index is 11.5. The quantitative estimate of drug-likeness (QED) is 0.0638. The number of carboxylic acid groups (broad SMARTS) is 3. The van der Waals surface area contributed by atoms with Crippen molar-refractivity contribution >= 4 is 45.8 Å². The zero-order chi connectivity index (χ0) is 34.8. The van der Waals surface area contributed by atoms with Crippen LogP contribution in [0.25, 0.3) is 0 Å². The second-order valence-electron chi connectivity index (χ2n) is 11.3. The summed E-state index contributed by atoms with van der Waals surface area (Å²) in [7, 11) is 0. The number of halogens is 1. The Kier molecular flexibility index (Phi) is 26.8. The predicted molar refractivity (Wildman–Crippen MR) is 180 cm³/mol. The van der Waals surface area contributed by atoms with Gasteiger partial charge in [-0.1, -0.05) is 102 Å². The molecule has 264 valence electrons. The Hall–Kier alpha value is -2.29. The highest BCUT2D eigenvalue weighted by Gasteiger charge is 2.32. The van der Waals surface area contributed by atoms with Crippen molar-refractivity contribution in [3.05, 3.63) is 0 Å². The number of alkyl halides is 1. The first-order valence-electron chi connectivity index (χ1n) is 16.3. The van der Waals surface area contributed by atoms with Crippen LogP contribution in [0.4, 0.5) is 4.79 Å².